The topological polar surface area (TPSA) is 20.2 Å². The summed E-state index contributed by atoms with van der Waals surface area (Å²) < 4.78 is 33.3. The van der Waals surface area contributed by atoms with E-state index in [-0.39, 0.29) is 0 Å². The van der Waals surface area contributed by atoms with Gasteiger partial charge in [0.15, 0.2) is 6.10 Å². The molecule has 0 aromatic carbocycles. The van der Waals surface area contributed by atoms with Gasteiger partial charge in [0.05, 0.1) is 5.88 Å². The normalized spacial score (nSPS) is 16.1. The molecule has 1 N–H and O–H groups in total. The van der Waals surface area contributed by atoms with Crippen LogP contribution in [0, 0.1) is 0 Å². The summed E-state index contributed by atoms with van der Waals surface area (Å²) in [6.45, 7) is 0. The smallest absolute Gasteiger partial charge is 0.382 e. The molecule has 0 aliphatic carbocycles. The van der Waals surface area contributed by atoms with Crippen LogP contribution in [-0.4, -0.2) is 23.3 Å². The third-order valence-electron chi connectivity index (χ3n) is 0.524. The Morgan fingerprint density at radius 1 is 1.50 bits per heavy atom. The highest BCUT2D eigenvalue weighted by atomic mass is 35.5. The van der Waals surface area contributed by atoms with Crippen LogP contribution < -0.4 is 0 Å². The second kappa shape index (κ2) is 2.55. The first-order valence-corrected chi connectivity index (χ1v) is 2.32. The maximum absolute atomic E-state index is 11.1. The van der Waals surface area contributed by atoms with E-state index in [1.54, 1.807) is 0 Å². The molecule has 0 amide bonds. The SMILES string of the molecule is O[C@@H](CCl)C(F)(F)F. The van der Waals surface area contributed by atoms with E-state index in [2.05, 4.69) is 11.6 Å². The van der Waals surface area contributed by atoms with Crippen molar-refractivity contribution in [2.24, 2.45) is 0 Å². The third kappa shape index (κ3) is 2.37. The Balaban J connectivity index is 3.62. The highest BCUT2D eigenvalue weighted by Gasteiger charge is 2.37. The molecule has 0 saturated heterocycles. The van der Waals surface area contributed by atoms with Crippen molar-refractivity contribution in [1.29, 1.82) is 0 Å². The number of rotatable bonds is 1. The predicted octanol–water partition coefficient (Wildman–Crippen LogP) is 1.15. The first-order valence-electron chi connectivity index (χ1n) is 1.79. The van der Waals surface area contributed by atoms with Crippen molar-refractivity contribution in [3.8, 4) is 0 Å². The van der Waals surface area contributed by atoms with E-state index in [0.717, 1.165) is 0 Å². The predicted molar refractivity (Wildman–Crippen MR) is 22.8 cm³/mol. The van der Waals surface area contributed by atoms with Gasteiger partial charge in [-0.05, 0) is 0 Å². The van der Waals surface area contributed by atoms with Gasteiger partial charge in [-0.3, -0.25) is 0 Å². The quantitative estimate of drug-likeness (QED) is 0.553. The molecule has 0 heterocycles. The summed E-state index contributed by atoms with van der Waals surface area (Å²) in [6.07, 6.45) is -6.95. The molecule has 0 unspecified atom stereocenters. The van der Waals surface area contributed by atoms with Gasteiger partial charge in [0.2, 0.25) is 0 Å². The van der Waals surface area contributed by atoms with Gasteiger partial charge in [0.25, 0.3) is 0 Å². The van der Waals surface area contributed by atoms with Crippen molar-refractivity contribution in [2.75, 3.05) is 5.88 Å². The van der Waals surface area contributed by atoms with Gasteiger partial charge in [-0.15, -0.1) is 11.6 Å². The molecule has 0 fully saturated rings. The maximum Gasteiger partial charge on any atom is 0.415 e. The van der Waals surface area contributed by atoms with Crippen molar-refractivity contribution < 1.29 is 18.3 Å². The van der Waals surface area contributed by atoms with Crippen molar-refractivity contribution >= 4 is 11.6 Å². The molecule has 0 bridgehead atoms. The summed E-state index contributed by atoms with van der Waals surface area (Å²) in [5, 5.41) is 7.94. The lowest BCUT2D eigenvalue weighted by Crippen LogP contribution is -2.29. The molecule has 0 aromatic heterocycles. The van der Waals surface area contributed by atoms with E-state index in [9.17, 15) is 13.2 Å². The Labute approximate surface area is 49.1 Å². The van der Waals surface area contributed by atoms with Gasteiger partial charge in [0, 0.05) is 0 Å². The number of alkyl halides is 4. The van der Waals surface area contributed by atoms with E-state index in [0.29, 0.717) is 0 Å². The van der Waals surface area contributed by atoms with Crippen LogP contribution in [0.4, 0.5) is 13.2 Å². The molecular weight excluding hydrogens is 144 g/mol. The molecule has 0 rings (SSSR count). The molecule has 0 spiro atoms. The van der Waals surface area contributed by atoms with Gasteiger partial charge >= 0.3 is 6.18 Å². The van der Waals surface area contributed by atoms with E-state index in [1.165, 1.54) is 0 Å². The maximum atomic E-state index is 11.1. The fraction of sp³-hybridized carbons (Fsp3) is 1.00. The standard InChI is InChI=1S/C3H4ClF3O/c4-1-2(8)3(5,6)7/h2,8H,1H2/t2-/m0/s1. The van der Waals surface area contributed by atoms with Gasteiger partial charge in [-0.25, -0.2) is 0 Å². The van der Waals surface area contributed by atoms with Crippen LogP contribution in [0.25, 0.3) is 0 Å². The van der Waals surface area contributed by atoms with Crippen LogP contribution in [0.15, 0.2) is 0 Å². The summed E-state index contributed by atoms with van der Waals surface area (Å²) in [7, 11) is 0. The van der Waals surface area contributed by atoms with Crippen LogP contribution in [0.2, 0.25) is 0 Å². The largest absolute Gasteiger partial charge is 0.415 e. The molecular formula is C3H4ClF3O. The van der Waals surface area contributed by atoms with Crippen molar-refractivity contribution in [3.63, 3.8) is 0 Å². The highest BCUT2D eigenvalue weighted by Crippen LogP contribution is 2.20. The second-order valence-corrected chi connectivity index (χ2v) is 1.52. The van der Waals surface area contributed by atoms with Crippen molar-refractivity contribution in [1.82, 2.24) is 0 Å². The minimum atomic E-state index is -4.57. The summed E-state index contributed by atoms with van der Waals surface area (Å²) >= 11 is 4.67. The molecule has 50 valence electrons. The lowest BCUT2D eigenvalue weighted by Gasteiger charge is -2.09. The molecule has 0 radical (unpaired) electrons. The van der Waals surface area contributed by atoms with Crippen molar-refractivity contribution in [3.05, 3.63) is 0 Å². The average molecular weight is 149 g/mol. The van der Waals surface area contributed by atoms with Crippen LogP contribution in [-0.2, 0) is 0 Å². The highest BCUT2D eigenvalue weighted by molar-refractivity contribution is 6.18. The molecule has 1 atom stereocenters. The zero-order chi connectivity index (χ0) is 6.78. The van der Waals surface area contributed by atoms with Gasteiger partial charge in [-0.2, -0.15) is 13.2 Å². The zero-order valence-electron chi connectivity index (χ0n) is 3.74. The van der Waals surface area contributed by atoms with E-state index in [1.807, 2.05) is 0 Å². The zero-order valence-corrected chi connectivity index (χ0v) is 4.50. The average Bonchev–Trinajstić information content (AvgIpc) is 1.62. The monoisotopic (exact) mass is 148 g/mol. The fourth-order valence-corrected chi connectivity index (χ4v) is 0.262. The number of aliphatic hydroxyl groups excluding tert-OH is 1. The fourth-order valence-electron chi connectivity index (χ4n) is 0.0875. The third-order valence-corrected chi connectivity index (χ3v) is 0.816. The van der Waals surface area contributed by atoms with Crippen molar-refractivity contribution in [2.45, 2.75) is 12.3 Å². The van der Waals surface area contributed by atoms with Gasteiger partial charge < -0.3 is 5.11 Å². The Hall–Kier alpha value is 0.0400. The summed E-state index contributed by atoms with van der Waals surface area (Å²) in [5.41, 5.74) is 0. The lowest BCUT2D eigenvalue weighted by molar-refractivity contribution is -0.196. The Morgan fingerprint density at radius 2 is 1.88 bits per heavy atom. The van der Waals surface area contributed by atoms with E-state index >= 15 is 0 Å². The summed E-state index contributed by atoms with van der Waals surface area (Å²) in [5.74, 6) is -0.802. The molecule has 0 aliphatic heterocycles. The molecule has 5 heteroatoms. The number of halogens is 4. The molecule has 0 aliphatic rings. The first kappa shape index (κ1) is 8.04. The lowest BCUT2D eigenvalue weighted by atomic mass is 10.4. The van der Waals surface area contributed by atoms with Crippen LogP contribution in [0.5, 0.6) is 0 Å². The molecule has 0 aromatic rings. The minimum Gasteiger partial charge on any atom is -0.382 e. The van der Waals surface area contributed by atoms with Crippen LogP contribution in [0.1, 0.15) is 0 Å². The molecule has 8 heavy (non-hydrogen) atoms. The van der Waals surface area contributed by atoms with Crippen LogP contribution >= 0.6 is 11.6 Å². The minimum absolute atomic E-state index is 0.802. The molecule has 0 saturated carbocycles. The van der Waals surface area contributed by atoms with Gasteiger partial charge in [-0.1, -0.05) is 0 Å². The number of hydrogen-bond donors (Lipinski definition) is 1. The Kier molecular flexibility index (Phi) is 2.56. The summed E-state index contributed by atoms with van der Waals surface area (Å²) in [4.78, 5) is 0. The second-order valence-electron chi connectivity index (χ2n) is 1.21. The number of aliphatic hydroxyl groups is 1. The summed E-state index contributed by atoms with van der Waals surface area (Å²) in [6, 6.07) is 0. The number of hydrogen-bond acceptors (Lipinski definition) is 1. The Bertz CT molecular complexity index is 71.4. The van der Waals surface area contributed by atoms with Crippen LogP contribution in [0.3, 0.4) is 0 Å². The molecule has 1 nitrogen and oxygen atoms in total. The van der Waals surface area contributed by atoms with E-state index in [4.69, 9.17) is 5.11 Å². The van der Waals surface area contributed by atoms with E-state index < -0.39 is 18.2 Å². The van der Waals surface area contributed by atoms with Gasteiger partial charge in [0.1, 0.15) is 0 Å². The first-order chi connectivity index (χ1) is 3.48. The Morgan fingerprint density at radius 3 is 1.88 bits per heavy atom.